The highest BCUT2D eigenvalue weighted by atomic mass is 14.1. The van der Waals surface area contributed by atoms with E-state index in [1.807, 2.05) is 27.7 Å². The van der Waals surface area contributed by atoms with Crippen LogP contribution in [0.4, 0.5) is 0 Å². The van der Waals surface area contributed by atoms with Gasteiger partial charge in [-0.15, -0.1) is 0 Å². The number of unbranched alkanes of at least 4 members (excludes halogenated alkanes) is 1. The van der Waals surface area contributed by atoms with Gasteiger partial charge in [0, 0.05) is 0 Å². The van der Waals surface area contributed by atoms with Crippen LogP contribution < -0.4 is 0 Å². The van der Waals surface area contributed by atoms with Crippen molar-refractivity contribution in [1.29, 1.82) is 0 Å². The minimum Gasteiger partial charge on any atom is -0.0683 e. The summed E-state index contributed by atoms with van der Waals surface area (Å²) in [6.07, 6.45) is 8.09. The van der Waals surface area contributed by atoms with Gasteiger partial charge in [-0.2, -0.15) is 0 Å². The zero-order valence-corrected chi connectivity index (χ0v) is 17.4. The quantitative estimate of drug-likeness (QED) is 0.474. The van der Waals surface area contributed by atoms with Crippen LogP contribution in [0.25, 0.3) is 0 Å². The predicted octanol–water partition coefficient (Wildman–Crippen LogP) is 8.74. The first-order chi connectivity index (χ1) is 9.49. The summed E-state index contributed by atoms with van der Waals surface area (Å²) in [4.78, 5) is 0. The molecular weight excluding hydrogens is 240 g/mol. The summed E-state index contributed by atoms with van der Waals surface area (Å²) in [5, 5.41) is 0. The van der Waals surface area contributed by atoms with E-state index >= 15 is 0 Å². The summed E-state index contributed by atoms with van der Waals surface area (Å²) in [6, 6.07) is 0. The maximum absolute atomic E-state index is 2.37. The molecule has 0 aromatic carbocycles. The molecule has 0 aliphatic heterocycles. The Bertz CT molecular complexity index is 82.0. The van der Waals surface area contributed by atoms with Crippen LogP contribution in [-0.2, 0) is 0 Å². The highest BCUT2D eigenvalue weighted by Gasteiger charge is 2.03. The molecule has 130 valence electrons. The van der Waals surface area contributed by atoms with Gasteiger partial charge in [0.25, 0.3) is 0 Å². The normalized spacial score (nSPS) is 9.45. The zero-order chi connectivity index (χ0) is 17.4. The third-order valence-corrected chi connectivity index (χ3v) is 1.92. The van der Waals surface area contributed by atoms with Crippen molar-refractivity contribution in [1.82, 2.24) is 0 Å². The van der Waals surface area contributed by atoms with Crippen LogP contribution in [0.15, 0.2) is 0 Å². The molecule has 0 bridgehead atoms. The molecule has 0 heteroatoms. The van der Waals surface area contributed by atoms with E-state index in [0.29, 0.717) is 0 Å². The van der Waals surface area contributed by atoms with Gasteiger partial charge in [-0.25, -0.2) is 0 Å². The molecule has 0 radical (unpaired) electrons. The lowest BCUT2D eigenvalue weighted by atomic mass is 9.94. The molecule has 0 N–H and O–H groups in total. The van der Waals surface area contributed by atoms with Crippen molar-refractivity contribution in [3.63, 3.8) is 0 Å². The van der Waals surface area contributed by atoms with Crippen LogP contribution in [0, 0.1) is 11.8 Å². The summed E-state index contributed by atoms with van der Waals surface area (Å²) in [5.41, 5.74) is 0. The Balaban J connectivity index is -0.0000000623. The summed E-state index contributed by atoms with van der Waals surface area (Å²) >= 11 is 0. The molecular formula is C20H50. The van der Waals surface area contributed by atoms with Crippen LogP contribution in [0.2, 0.25) is 0 Å². The summed E-state index contributed by atoms with van der Waals surface area (Å²) in [7, 11) is 0. The van der Waals surface area contributed by atoms with E-state index in [1.165, 1.54) is 38.5 Å². The highest BCUT2D eigenvalue weighted by Crippen LogP contribution is 2.16. The van der Waals surface area contributed by atoms with Crippen molar-refractivity contribution in [2.24, 2.45) is 11.8 Å². The highest BCUT2D eigenvalue weighted by molar-refractivity contribution is 4.55. The van der Waals surface area contributed by atoms with Crippen molar-refractivity contribution in [3.8, 4) is 0 Å². The molecule has 0 aliphatic carbocycles. The Morgan fingerprint density at radius 3 is 1.15 bits per heavy atom. The summed E-state index contributed by atoms with van der Waals surface area (Å²) in [6.45, 7) is 25.8. The minimum atomic E-state index is 0.881. The fourth-order valence-corrected chi connectivity index (χ4v) is 1.48. The van der Waals surface area contributed by atoms with E-state index < -0.39 is 0 Å². The van der Waals surface area contributed by atoms with Gasteiger partial charge in [0.15, 0.2) is 0 Å². The van der Waals surface area contributed by atoms with E-state index in [1.54, 1.807) is 0 Å². The second kappa shape index (κ2) is 42.8. The Kier molecular flexibility index (Phi) is 68.6. The largest absolute Gasteiger partial charge is 0.0683 e. The molecule has 0 fully saturated rings. The lowest BCUT2D eigenvalue weighted by Gasteiger charge is -2.12. The molecule has 20 heavy (non-hydrogen) atoms. The van der Waals surface area contributed by atoms with Gasteiger partial charge in [-0.05, 0) is 18.3 Å². The second-order valence-corrected chi connectivity index (χ2v) is 5.29. The first kappa shape index (κ1) is 32.1. The molecule has 0 heterocycles. The maximum Gasteiger partial charge on any atom is -0.0440 e. The molecule has 0 amide bonds. The SMILES string of the molecule is CC.CC.CCC.CCC.CCCCC(C)CC(C)C. The van der Waals surface area contributed by atoms with Gasteiger partial charge in [0.1, 0.15) is 0 Å². The Morgan fingerprint density at radius 1 is 0.650 bits per heavy atom. The fraction of sp³-hybridized carbons (Fsp3) is 1.00. The van der Waals surface area contributed by atoms with Crippen LogP contribution in [0.5, 0.6) is 0 Å². The molecule has 0 saturated carbocycles. The molecule has 0 spiro atoms. The standard InChI is InChI=1S/C10H22.2C3H8.2C2H6/c1-5-6-7-10(4)8-9(2)3;2*1-3-2;2*1-2/h9-10H,5-8H2,1-4H3;2*3H2,1-2H3;2*1-2H3. The Labute approximate surface area is 134 Å². The number of hydrogen-bond donors (Lipinski definition) is 0. The monoisotopic (exact) mass is 290 g/mol. The molecule has 0 rings (SSSR count). The van der Waals surface area contributed by atoms with Gasteiger partial charge in [0.05, 0.1) is 0 Å². The van der Waals surface area contributed by atoms with E-state index in [-0.39, 0.29) is 0 Å². The molecule has 1 unspecified atom stereocenters. The van der Waals surface area contributed by atoms with E-state index in [9.17, 15) is 0 Å². The third kappa shape index (κ3) is 81.3. The summed E-state index contributed by atoms with van der Waals surface area (Å²) in [5.74, 6) is 1.83. The van der Waals surface area contributed by atoms with Crippen molar-refractivity contribution < 1.29 is 0 Å². The molecule has 0 saturated heterocycles. The minimum absolute atomic E-state index is 0.881. The Hall–Kier alpha value is 0. The average molecular weight is 291 g/mol. The average Bonchev–Trinajstić information content (AvgIpc) is 2.42. The van der Waals surface area contributed by atoms with Crippen molar-refractivity contribution in [2.75, 3.05) is 0 Å². The number of rotatable bonds is 5. The van der Waals surface area contributed by atoms with Gasteiger partial charge in [0.2, 0.25) is 0 Å². The third-order valence-electron chi connectivity index (χ3n) is 1.92. The van der Waals surface area contributed by atoms with Crippen LogP contribution in [-0.4, -0.2) is 0 Å². The number of hydrogen-bond acceptors (Lipinski definition) is 0. The molecule has 0 aromatic heterocycles. The Morgan fingerprint density at radius 2 is 0.950 bits per heavy atom. The zero-order valence-electron chi connectivity index (χ0n) is 17.4. The first-order valence-electron chi connectivity index (χ1n) is 9.49. The maximum atomic E-state index is 2.37. The lowest BCUT2D eigenvalue weighted by molar-refractivity contribution is 0.404. The van der Waals surface area contributed by atoms with Crippen LogP contribution >= 0.6 is 0 Å². The van der Waals surface area contributed by atoms with Gasteiger partial charge in [-0.3, -0.25) is 0 Å². The predicted molar refractivity (Wildman–Crippen MR) is 103 cm³/mol. The van der Waals surface area contributed by atoms with Gasteiger partial charge in [-0.1, -0.05) is 115 Å². The van der Waals surface area contributed by atoms with Gasteiger partial charge >= 0.3 is 0 Å². The summed E-state index contributed by atoms with van der Waals surface area (Å²) < 4.78 is 0. The van der Waals surface area contributed by atoms with Crippen molar-refractivity contribution >= 4 is 0 Å². The first-order valence-corrected chi connectivity index (χ1v) is 9.49. The van der Waals surface area contributed by atoms with Gasteiger partial charge < -0.3 is 0 Å². The second-order valence-electron chi connectivity index (χ2n) is 5.29. The van der Waals surface area contributed by atoms with Crippen molar-refractivity contribution in [2.45, 2.75) is 122 Å². The van der Waals surface area contributed by atoms with Crippen LogP contribution in [0.1, 0.15) is 122 Å². The topological polar surface area (TPSA) is 0 Å². The van der Waals surface area contributed by atoms with E-state index in [0.717, 1.165) is 11.8 Å². The van der Waals surface area contributed by atoms with E-state index in [2.05, 4.69) is 55.4 Å². The lowest BCUT2D eigenvalue weighted by Crippen LogP contribution is -1.99. The van der Waals surface area contributed by atoms with E-state index in [4.69, 9.17) is 0 Å². The molecule has 0 nitrogen and oxygen atoms in total. The van der Waals surface area contributed by atoms with Crippen LogP contribution in [0.3, 0.4) is 0 Å². The molecule has 0 aromatic rings. The molecule has 0 aliphatic rings. The fourth-order valence-electron chi connectivity index (χ4n) is 1.48. The van der Waals surface area contributed by atoms with Crippen molar-refractivity contribution in [3.05, 3.63) is 0 Å². The molecule has 1 atom stereocenters. The smallest absolute Gasteiger partial charge is 0.0440 e.